The lowest BCUT2D eigenvalue weighted by Gasteiger charge is -2.10. The van der Waals surface area contributed by atoms with E-state index in [9.17, 15) is 4.79 Å². The highest BCUT2D eigenvalue weighted by atomic mass is 16.3. The summed E-state index contributed by atoms with van der Waals surface area (Å²) in [5, 5.41) is 11.7. The molecule has 1 heterocycles. The number of rotatable bonds is 1. The Balaban J connectivity index is 2.29. The number of hydrogen-bond donors (Lipinski definition) is 3. The molecule has 1 aliphatic rings. The zero-order valence-corrected chi connectivity index (χ0v) is 7.27. The zero-order chi connectivity index (χ0) is 10.1. The molecule has 0 saturated heterocycles. The molecular weight excluding hydrogens is 182 g/mol. The molecule has 2 rings (SSSR count). The molecule has 0 spiro atoms. The summed E-state index contributed by atoms with van der Waals surface area (Å²) in [6.45, 7) is 0. The van der Waals surface area contributed by atoms with Crippen LogP contribution in [0.3, 0.4) is 0 Å². The number of carbonyl (C=O) groups excluding carboxylic acids is 1. The lowest BCUT2D eigenvalue weighted by molar-refractivity contribution is 0.250. The highest BCUT2D eigenvalue weighted by Gasteiger charge is 2.24. The lowest BCUT2D eigenvalue weighted by Crippen LogP contribution is -2.27. The molecule has 1 unspecified atom stereocenters. The average Bonchev–Trinajstić information content (AvgIpc) is 2.47. The molecule has 4 N–H and O–H groups in total. The van der Waals surface area contributed by atoms with Gasteiger partial charge in [0, 0.05) is 0 Å². The Kier molecular flexibility index (Phi) is 1.85. The molecule has 0 radical (unpaired) electrons. The summed E-state index contributed by atoms with van der Waals surface area (Å²) in [6.07, 6.45) is 0. The quantitative estimate of drug-likeness (QED) is 0.604. The van der Waals surface area contributed by atoms with Gasteiger partial charge in [-0.15, -0.1) is 0 Å². The summed E-state index contributed by atoms with van der Waals surface area (Å²) < 4.78 is 0. The first kappa shape index (κ1) is 8.55. The number of aromatic hydroxyl groups is 1. The lowest BCUT2D eigenvalue weighted by atomic mass is 10.1. The zero-order valence-electron chi connectivity index (χ0n) is 7.27. The molecule has 5 heteroatoms. The van der Waals surface area contributed by atoms with Crippen molar-refractivity contribution in [1.82, 2.24) is 5.32 Å². The molecule has 14 heavy (non-hydrogen) atoms. The molecule has 0 fully saturated rings. The first-order valence-corrected chi connectivity index (χ1v) is 4.10. The third-order valence-electron chi connectivity index (χ3n) is 2.02. The van der Waals surface area contributed by atoms with Crippen LogP contribution in [0.2, 0.25) is 0 Å². The molecule has 72 valence electrons. The van der Waals surface area contributed by atoms with Crippen molar-refractivity contribution in [3.8, 4) is 5.75 Å². The van der Waals surface area contributed by atoms with Gasteiger partial charge in [-0.05, 0) is 17.7 Å². The van der Waals surface area contributed by atoms with Crippen LogP contribution in [0.1, 0.15) is 11.6 Å². The van der Waals surface area contributed by atoms with E-state index >= 15 is 0 Å². The molecule has 0 bridgehead atoms. The summed E-state index contributed by atoms with van der Waals surface area (Å²) in [7, 11) is 0. The van der Waals surface area contributed by atoms with Gasteiger partial charge in [0.15, 0.2) is 0 Å². The number of benzene rings is 1. The van der Waals surface area contributed by atoms with Crippen molar-refractivity contribution in [2.75, 3.05) is 0 Å². The molecule has 2 amide bonds. The molecule has 1 aromatic rings. The summed E-state index contributed by atoms with van der Waals surface area (Å²) in [5.41, 5.74) is 6.34. The number of amides is 2. The van der Waals surface area contributed by atoms with Crippen molar-refractivity contribution in [2.45, 2.75) is 6.04 Å². The van der Waals surface area contributed by atoms with Crippen molar-refractivity contribution < 1.29 is 9.90 Å². The second kappa shape index (κ2) is 3.02. The number of phenols is 1. The van der Waals surface area contributed by atoms with E-state index in [1.165, 1.54) is 12.1 Å². The number of carbonyl (C=O) groups is 1. The minimum atomic E-state index is -0.430. The molecule has 1 atom stereocenters. The summed E-state index contributed by atoms with van der Waals surface area (Å²) >= 11 is 0. The second-order valence-corrected chi connectivity index (χ2v) is 3.01. The first-order valence-electron chi connectivity index (χ1n) is 4.10. The van der Waals surface area contributed by atoms with Crippen LogP contribution in [-0.4, -0.2) is 17.0 Å². The number of phenolic OH excluding ortho intramolecular Hbond substituents is 1. The largest absolute Gasteiger partial charge is 0.508 e. The van der Waals surface area contributed by atoms with Gasteiger partial charge in [0.1, 0.15) is 17.6 Å². The van der Waals surface area contributed by atoms with Crippen molar-refractivity contribution >= 4 is 11.9 Å². The van der Waals surface area contributed by atoms with Gasteiger partial charge < -0.3 is 16.2 Å². The van der Waals surface area contributed by atoms with Crippen molar-refractivity contribution in [3.63, 3.8) is 0 Å². The van der Waals surface area contributed by atoms with Gasteiger partial charge in [0.25, 0.3) is 0 Å². The normalized spacial score (nSPS) is 20.4. The summed E-state index contributed by atoms with van der Waals surface area (Å²) in [4.78, 5) is 14.4. The van der Waals surface area contributed by atoms with Crippen LogP contribution in [0, 0.1) is 0 Å². The van der Waals surface area contributed by atoms with Gasteiger partial charge in [0.05, 0.1) is 0 Å². The van der Waals surface area contributed by atoms with Crippen LogP contribution in [0.15, 0.2) is 29.3 Å². The smallest absolute Gasteiger partial charge is 0.343 e. The van der Waals surface area contributed by atoms with Crippen LogP contribution in [0.5, 0.6) is 5.75 Å². The molecule has 5 nitrogen and oxygen atoms in total. The third kappa shape index (κ3) is 1.39. The Morgan fingerprint density at radius 3 is 2.50 bits per heavy atom. The Labute approximate surface area is 80.3 Å². The van der Waals surface area contributed by atoms with E-state index in [1.807, 2.05) is 0 Å². The van der Waals surface area contributed by atoms with E-state index in [4.69, 9.17) is 10.8 Å². The van der Waals surface area contributed by atoms with E-state index in [0.29, 0.717) is 0 Å². The molecule has 1 aromatic carbocycles. The number of nitrogens with one attached hydrogen (secondary N) is 1. The minimum absolute atomic E-state index is 0.175. The highest BCUT2D eigenvalue weighted by molar-refractivity contribution is 6.03. The van der Waals surface area contributed by atoms with Crippen LogP contribution in [-0.2, 0) is 0 Å². The van der Waals surface area contributed by atoms with Gasteiger partial charge in [-0.25, -0.2) is 4.79 Å². The number of nitrogens with two attached hydrogens (primary N) is 1. The maximum Gasteiger partial charge on any atom is 0.343 e. The van der Waals surface area contributed by atoms with Gasteiger partial charge in [0.2, 0.25) is 0 Å². The Morgan fingerprint density at radius 1 is 1.36 bits per heavy atom. The van der Waals surface area contributed by atoms with Crippen LogP contribution < -0.4 is 11.1 Å². The number of nitrogens with zero attached hydrogens (tertiary/aromatic N) is 1. The van der Waals surface area contributed by atoms with E-state index < -0.39 is 6.03 Å². The van der Waals surface area contributed by atoms with Gasteiger partial charge in [-0.3, -0.25) is 0 Å². The monoisotopic (exact) mass is 191 g/mol. The SMILES string of the molecule is NC1=NC(=O)NC1c1ccc(O)cc1. The van der Waals surface area contributed by atoms with Crippen LogP contribution in [0.25, 0.3) is 0 Å². The Hall–Kier alpha value is -2.04. The van der Waals surface area contributed by atoms with Gasteiger partial charge in [-0.2, -0.15) is 4.99 Å². The van der Waals surface area contributed by atoms with E-state index in [1.54, 1.807) is 12.1 Å². The molecule has 0 saturated carbocycles. The molecule has 1 aliphatic heterocycles. The average molecular weight is 191 g/mol. The molecule has 0 aliphatic carbocycles. The summed E-state index contributed by atoms with van der Waals surface area (Å²) in [6, 6.07) is 5.64. The maximum atomic E-state index is 10.9. The van der Waals surface area contributed by atoms with Crippen molar-refractivity contribution in [3.05, 3.63) is 29.8 Å². The Bertz CT molecular complexity index is 397. The van der Waals surface area contributed by atoms with E-state index in [2.05, 4.69) is 10.3 Å². The van der Waals surface area contributed by atoms with E-state index in [-0.39, 0.29) is 17.6 Å². The van der Waals surface area contributed by atoms with Gasteiger partial charge in [-0.1, -0.05) is 12.1 Å². The molecular formula is C9H9N3O2. The van der Waals surface area contributed by atoms with Crippen LogP contribution in [0.4, 0.5) is 4.79 Å². The van der Waals surface area contributed by atoms with Crippen molar-refractivity contribution in [2.24, 2.45) is 10.7 Å². The first-order chi connectivity index (χ1) is 6.66. The highest BCUT2D eigenvalue weighted by Crippen LogP contribution is 2.19. The van der Waals surface area contributed by atoms with Gasteiger partial charge >= 0.3 is 6.03 Å². The third-order valence-corrected chi connectivity index (χ3v) is 2.02. The second-order valence-electron chi connectivity index (χ2n) is 3.01. The Morgan fingerprint density at radius 2 is 2.00 bits per heavy atom. The number of urea groups is 1. The predicted octanol–water partition coefficient (Wildman–Crippen LogP) is 0.514. The fourth-order valence-corrected chi connectivity index (χ4v) is 1.33. The summed E-state index contributed by atoms with van der Waals surface area (Å²) in [5.74, 6) is 0.425. The number of aliphatic imine (C=N–C) groups is 1. The molecule has 0 aromatic heterocycles. The van der Waals surface area contributed by atoms with E-state index in [0.717, 1.165) is 5.56 Å². The fraction of sp³-hybridized carbons (Fsp3) is 0.111. The minimum Gasteiger partial charge on any atom is -0.508 e. The maximum absolute atomic E-state index is 10.9. The standard InChI is InChI=1S/C9H9N3O2/c10-8-7(11-9(14)12-8)5-1-3-6(13)4-2-5/h1-4,7,13H,(H3,10,11,12,14). The number of hydrogen-bond acceptors (Lipinski definition) is 3. The van der Waals surface area contributed by atoms with Crippen molar-refractivity contribution in [1.29, 1.82) is 0 Å². The predicted molar refractivity (Wildman–Crippen MR) is 51.0 cm³/mol. The fourth-order valence-electron chi connectivity index (χ4n) is 1.33. The van der Waals surface area contributed by atoms with Crippen LogP contribution >= 0.6 is 0 Å². The number of amidine groups is 1. The topological polar surface area (TPSA) is 87.7 Å².